The minimum Gasteiger partial charge on any atom is -0.458 e. The van der Waals surface area contributed by atoms with Crippen LogP contribution in [0.15, 0.2) is 36.5 Å². The summed E-state index contributed by atoms with van der Waals surface area (Å²) < 4.78 is 5.53. The summed E-state index contributed by atoms with van der Waals surface area (Å²) in [5.74, 6) is -0.0643. The van der Waals surface area contributed by atoms with E-state index < -0.39 is 0 Å². The zero-order valence-corrected chi connectivity index (χ0v) is 12.7. The molecule has 2 nitrogen and oxygen atoms in total. The Bertz CT molecular complexity index is 339. The summed E-state index contributed by atoms with van der Waals surface area (Å²) in [7, 11) is 0. The van der Waals surface area contributed by atoms with Gasteiger partial charge in [0.1, 0.15) is 6.10 Å². The highest BCUT2D eigenvalue weighted by atomic mass is 16.5. The van der Waals surface area contributed by atoms with Gasteiger partial charge in [0.05, 0.1) is 0 Å². The normalized spacial score (nSPS) is 22.6. The number of rotatable bonds is 3. The van der Waals surface area contributed by atoms with Crippen LogP contribution in [0.3, 0.4) is 0 Å². The molecule has 0 aromatic heterocycles. The third-order valence-corrected chi connectivity index (χ3v) is 3.38. The van der Waals surface area contributed by atoms with Crippen LogP contribution in [0.4, 0.5) is 0 Å². The maximum atomic E-state index is 11.8. The van der Waals surface area contributed by atoms with E-state index in [-0.39, 0.29) is 12.1 Å². The number of hydrogen-bond donors (Lipinski definition) is 0. The number of carbonyl (C=O) groups excluding carboxylic acids is 1. The number of ether oxygens (including phenoxy) is 1. The fourth-order valence-corrected chi connectivity index (χ4v) is 2.22. The second-order valence-corrected chi connectivity index (χ2v) is 5.26. The first kappa shape index (κ1) is 16.7. The first-order valence-electron chi connectivity index (χ1n) is 8.00. The fourth-order valence-electron chi connectivity index (χ4n) is 2.22. The quantitative estimate of drug-likeness (QED) is 0.529. The standard InChI is InChI=1S/C18H28O2/c1-2-3-11-14-17-15-12-9-7-5-4-6-8-10-13-16-18(19)20-17/h3,7,9,11-12,15,17H,2,4-6,8,10,13-14,16H2,1H3. The molecule has 0 aromatic carbocycles. The van der Waals surface area contributed by atoms with Crippen molar-refractivity contribution < 1.29 is 9.53 Å². The molecular weight excluding hydrogens is 248 g/mol. The van der Waals surface area contributed by atoms with E-state index in [0.29, 0.717) is 6.42 Å². The van der Waals surface area contributed by atoms with Gasteiger partial charge in [0.2, 0.25) is 0 Å². The second-order valence-electron chi connectivity index (χ2n) is 5.26. The Hall–Kier alpha value is -1.31. The lowest BCUT2D eigenvalue weighted by molar-refractivity contribution is -0.146. The molecule has 0 aliphatic carbocycles. The molecule has 0 spiro atoms. The molecule has 0 radical (unpaired) electrons. The Balaban J connectivity index is 2.56. The molecule has 2 heteroatoms. The van der Waals surface area contributed by atoms with Gasteiger partial charge in [-0.15, -0.1) is 0 Å². The van der Waals surface area contributed by atoms with Crippen molar-refractivity contribution in [2.75, 3.05) is 0 Å². The van der Waals surface area contributed by atoms with Crippen LogP contribution in [0.5, 0.6) is 0 Å². The van der Waals surface area contributed by atoms with Gasteiger partial charge in [-0.1, -0.05) is 56.6 Å². The molecule has 0 saturated heterocycles. The minimum atomic E-state index is -0.127. The van der Waals surface area contributed by atoms with Crippen LogP contribution in [0.25, 0.3) is 0 Å². The predicted octanol–water partition coefficient (Wildman–Crippen LogP) is 5.11. The molecular formula is C18H28O2. The third kappa shape index (κ3) is 8.73. The van der Waals surface area contributed by atoms with Gasteiger partial charge in [0.25, 0.3) is 0 Å². The van der Waals surface area contributed by atoms with E-state index in [2.05, 4.69) is 31.2 Å². The maximum absolute atomic E-state index is 11.8. The fraction of sp³-hybridized carbons (Fsp3) is 0.611. The summed E-state index contributed by atoms with van der Waals surface area (Å²) in [5, 5.41) is 0. The van der Waals surface area contributed by atoms with Crippen LogP contribution in [0, 0.1) is 0 Å². The summed E-state index contributed by atoms with van der Waals surface area (Å²) in [6, 6.07) is 0. The molecule has 1 atom stereocenters. The smallest absolute Gasteiger partial charge is 0.306 e. The Morgan fingerprint density at radius 3 is 2.80 bits per heavy atom. The van der Waals surface area contributed by atoms with Crippen molar-refractivity contribution in [2.45, 2.75) is 70.8 Å². The van der Waals surface area contributed by atoms with E-state index in [4.69, 9.17) is 4.74 Å². The molecule has 1 aliphatic rings. The first-order valence-corrected chi connectivity index (χ1v) is 8.00. The molecule has 0 amide bonds. The van der Waals surface area contributed by atoms with E-state index >= 15 is 0 Å². The molecule has 1 unspecified atom stereocenters. The van der Waals surface area contributed by atoms with Crippen LogP contribution in [-0.2, 0) is 9.53 Å². The summed E-state index contributed by atoms with van der Waals surface area (Å²) in [6.45, 7) is 2.11. The highest BCUT2D eigenvalue weighted by Gasteiger charge is 2.09. The van der Waals surface area contributed by atoms with Crippen LogP contribution in [-0.4, -0.2) is 12.1 Å². The van der Waals surface area contributed by atoms with Crippen molar-refractivity contribution in [1.82, 2.24) is 0 Å². The number of cyclic esters (lactones) is 1. The Morgan fingerprint density at radius 2 is 1.95 bits per heavy atom. The van der Waals surface area contributed by atoms with E-state index in [1.165, 1.54) is 19.3 Å². The monoisotopic (exact) mass is 276 g/mol. The molecule has 0 aromatic rings. The highest BCUT2D eigenvalue weighted by molar-refractivity contribution is 5.69. The maximum Gasteiger partial charge on any atom is 0.306 e. The lowest BCUT2D eigenvalue weighted by Gasteiger charge is -2.12. The van der Waals surface area contributed by atoms with Crippen LogP contribution < -0.4 is 0 Å². The average molecular weight is 276 g/mol. The first-order chi connectivity index (χ1) is 9.83. The van der Waals surface area contributed by atoms with Gasteiger partial charge in [-0.25, -0.2) is 0 Å². The predicted molar refractivity (Wildman–Crippen MR) is 84.5 cm³/mol. The summed E-state index contributed by atoms with van der Waals surface area (Å²) >= 11 is 0. The second kappa shape index (κ2) is 11.5. The third-order valence-electron chi connectivity index (χ3n) is 3.38. The number of hydrogen-bond acceptors (Lipinski definition) is 2. The Morgan fingerprint density at radius 1 is 1.15 bits per heavy atom. The Labute approximate surface area is 123 Å². The SMILES string of the molecule is CCC=CCC1C=CC=CCCCCCCCC(=O)O1. The lowest BCUT2D eigenvalue weighted by atomic mass is 10.1. The Kier molecular flexibility index (Phi) is 9.64. The van der Waals surface area contributed by atoms with Gasteiger partial charge in [-0.3, -0.25) is 4.79 Å². The van der Waals surface area contributed by atoms with Crippen molar-refractivity contribution >= 4 is 5.97 Å². The molecule has 112 valence electrons. The molecule has 0 bridgehead atoms. The zero-order chi connectivity index (χ0) is 14.5. The van der Waals surface area contributed by atoms with Gasteiger partial charge in [0, 0.05) is 12.8 Å². The summed E-state index contributed by atoms with van der Waals surface area (Å²) in [6.07, 6.45) is 21.6. The van der Waals surface area contributed by atoms with E-state index in [0.717, 1.165) is 32.1 Å². The van der Waals surface area contributed by atoms with Crippen molar-refractivity contribution in [3.05, 3.63) is 36.5 Å². The van der Waals surface area contributed by atoms with Gasteiger partial charge < -0.3 is 4.74 Å². The lowest BCUT2D eigenvalue weighted by Crippen LogP contribution is -2.15. The molecule has 20 heavy (non-hydrogen) atoms. The molecule has 0 saturated carbocycles. The van der Waals surface area contributed by atoms with Crippen LogP contribution >= 0.6 is 0 Å². The average Bonchev–Trinajstić information content (AvgIpc) is 2.44. The van der Waals surface area contributed by atoms with E-state index in [9.17, 15) is 4.79 Å². The highest BCUT2D eigenvalue weighted by Crippen LogP contribution is 2.11. The number of allylic oxidation sites excluding steroid dienone is 4. The van der Waals surface area contributed by atoms with Crippen LogP contribution in [0.2, 0.25) is 0 Å². The number of carbonyl (C=O) groups is 1. The molecule has 0 N–H and O–H groups in total. The van der Waals surface area contributed by atoms with Gasteiger partial charge >= 0.3 is 5.97 Å². The van der Waals surface area contributed by atoms with E-state index in [1.807, 2.05) is 12.2 Å². The minimum absolute atomic E-state index is 0.0643. The molecule has 0 fully saturated rings. The van der Waals surface area contributed by atoms with Crippen molar-refractivity contribution in [3.63, 3.8) is 0 Å². The topological polar surface area (TPSA) is 26.3 Å². The molecule has 1 heterocycles. The molecule has 1 aliphatic heterocycles. The van der Waals surface area contributed by atoms with Gasteiger partial charge in [-0.05, 0) is 31.8 Å². The molecule has 1 rings (SSSR count). The van der Waals surface area contributed by atoms with Crippen LogP contribution in [0.1, 0.15) is 64.7 Å². The summed E-state index contributed by atoms with van der Waals surface area (Å²) in [5.41, 5.74) is 0. The summed E-state index contributed by atoms with van der Waals surface area (Å²) in [4.78, 5) is 11.8. The van der Waals surface area contributed by atoms with E-state index in [1.54, 1.807) is 0 Å². The van der Waals surface area contributed by atoms with Crippen molar-refractivity contribution in [1.29, 1.82) is 0 Å². The zero-order valence-electron chi connectivity index (χ0n) is 12.7. The van der Waals surface area contributed by atoms with Gasteiger partial charge in [0.15, 0.2) is 0 Å². The van der Waals surface area contributed by atoms with Gasteiger partial charge in [-0.2, -0.15) is 0 Å². The number of esters is 1. The van der Waals surface area contributed by atoms with Crippen molar-refractivity contribution in [3.8, 4) is 0 Å². The largest absolute Gasteiger partial charge is 0.458 e. The van der Waals surface area contributed by atoms with Crippen molar-refractivity contribution in [2.24, 2.45) is 0 Å².